The molecule has 1 unspecified atom stereocenters. The highest BCUT2D eigenvalue weighted by Gasteiger charge is 2.20. The summed E-state index contributed by atoms with van der Waals surface area (Å²) in [5, 5.41) is 8.36. The molecular formula is C17H29N3. The highest BCUT2D eigenvalue weighted by atomic mass is 15.3. The fraction of sp³-hybridized carbons (Fsp3) is 0.706. The third-order valence-electron chi connectivity index (χ3n) is 4.17. The van der Waals surface area contributed by atoms with Crippen molar-refractivity contribution in [3.05, 3.63) is 29.1 Å². The van der Waals surface area contributed by atoms with Crippen molar-refractivity contribution >= 4 is 0 Å². The Bertz CT molecular complexity index is 445. The lowest BCUT2D eigenvalue weighted by Crippen LogP contribution is -2.26. The van der Waals surface area contributed by atoms with Crippen molar-refractivity contribution < 1.29 is 0 Å². The molecule has 1 aromatic rings. The Kier molecular flexibility index (Phi) is 5.84. The first-order valence-electron chi connectivity index (χ1n) is 8.21. The second-order valence-electron chi connectivity index (χ2n) is 5.80. The van der Waals surface area contributed by atoms with E-state index >= 15 is 0 Å². The molecule has 0 aromatic carbocycles. The van der Waals surface area contributed by atoms with Crippen LogP contribution in [-0.2, 0) is 13.5 Å². The monoisotopic (exact) mass is 275 g/mol. The molecule has 0 radical (unpaired) electrons. The van der Waals surface area contributed by atoms with Crippen molar-refractivity contribution in [3.8, 4) is 0 Å². The van der Waals surface area contributed by atoms with Crippen molar-refractivity contribution in [1.29, 1.82) is 0 Å². The zero-order chi connectivity index (χ0) is 14.4. The Morgan fingerprint density at radius 2 is 2.15 bits per heavy atom. The van der Waals surface area contributed by atoms with Crippen LogP contribution >= 0.6 is 0 Å². The van der Waals surface area contributed by atoms with Gasteiger partial charge in [0, 0.05) is 7.05 Å². The standard InChI is InChI=1S/C17H29N3/c1-4-12-18-17(14-10-8-6-7-9-11-14)16-13-15(5-2)19-20(16)3/h10,13,17-18H,4-9,11-12H2,1-3H3. The maximum atomic E-state index is 4.63. The highest BCUT2D eigenvalue weighted by Crippen LogP contribution is 2.29. The molecule has 1 N–H and O–H groups in total. The van der Waals surface area contributed by atoms with Gasteiger partial charge in [-0.1, -0.05) is 31.9 Å². The number of hydrogen-bond acceptors (Lipinski definition) is 2. The van der Waals surface area contributed by atoms with Crippen molar-refractivity contribution in [2.45, 2.75) is 64.8 Å². The lowest BCUT2D eigenvalue weighted by Gasteiger charge is -2.22. The molecule has 1 atom stereocenters. The van der Waals surface area contributed by atoms with Gasteiger partial charge in [-0.15, -0.1) is 0 Å². The zero-order valence-corrected chi connectivity index (χ0v) is 13.3. The Morgan fingerprint density at radius 3 is 2.85 bits per heavy atom. The van der Waals surface area contributed by atoms with Crippen LogP contribution < -0.4 is 5.32 Å². The van der Waals surface area contributed by atoms with E-state index in [4.69, 9.17) is 0 Å². The van der Waals surface area contributed by atoms with Crippen LogP contribution in [-0.4, -0.2) is 16.3 Å². The normalized spacial score (nSPS) is 17.6. The average Bonchev–Trinajstić information content (AvgIpc) is 2.67. The predicted molar refractivity (Wildman–Crippen MR) is 84.8 cm³/mol. The van der Waals surface area contributed by atoms with E-state index in [0.717, 1.165) is 13.0 Å². The van der Waals surface area contributed by atoms with Crippen LogP contribution in [0.3, 0.4) is 0 Å². The third kappa shape index (κ3) is 3.72. The smallest absolute Gasteiger partial charge is 0.0707 e. The summed E-state index contributed by atoms with van der Waals surface area (Å²) < 4.78 is 2.07. The quantitative estimate of drug-likeness (QED) is 0.798. The van der Waals surface area contributed by atoms with Gasteiger partial charge in [-0.05, 0) is 51.1 Å². The number of nitrogens with zero attached hydrogens (tertiary/aromatic N) is 2. The van der Waals surface area contributed by atoms with Gasteiger partial charge < -0.3 is 5.32 Å². The first-order valence-corrected chi connectivity index (χ1v) is 8.21. The van der Waals surface area contributed by atoms with Gasteiger partial charge in [0.15, 0.2) is 0 Å². The Balaban J connectivity index is 2.25. The van der Waals surface area contributed by atoms with Gasteiger partial charge in [0.1, 0.15) is 0 Å². The van der Waals surface area contributed by atoms with E-state index in [2.05, 4.69) is 48.1 Å². The highest BCUT2D eigenvalue weighted by molar-refractivity contribution is 5.25. The minimum atomic E-state index is 0.353. The molecule has 0 spiro atoms. The molecule has 112 valence electrons. The van der Waals surface area contributed by atoms with Crippen LogP contribution in [0.4, 0.5) is 0 Å². The summed E-state index contributed by atoms with van der Waals surface area (Å²) in [7, 11) is 2.08. The molecule has 0 bridgehead atoms. The van der Waals surface area contributed by atoms with Crippen LogP contribution in [0.1, 0.15) is 69.8 Å². The maximum Gasteiger partial charge on any atom is 0.0707 e. The van der Waals surface area contributed by atoms with Crippen LogP contribution in [0.25, 0.3) is 0 Å². The Hall–Kier alpha value is -1.09. The fourth-order valence-electron chi connectivity index (χ4n) is 3.00. The molecule has 2 rings (SSSR count). The molecule has 0 fully saturated rings. The average molecular weight is 275 g/mol. The molecule has 0 saturated heterocycles. The lowest BCUT2D eigenvalue weighted by atomic mass is 9.98. The second kappa shape index (κ2) is 7.63. The molecule has 1 heterocycles. The molecule has 3 nitrogen and oxygen atoms in total. The van der Waals surface area contributed by atoms with Gasteiger partial charge in [0.25, 0.3) is 0 Å². The van der Waals surface area contributed by atoms with Crippen molar-refractivity contribution in [3.63, 3.8) is 0 Å². The molecule has 1 aromatic heterocycles. The van der Waals surface area contributed by atoms with Crippen LogP contribution in [0.15, 0.2) is 17.7 Å². The molecule has 0 aliphatic heterocycles. The summed E-state index contributed by atoms with van der Waals surface area (Å²) in [6, 6.07) is 2.63. The SMILES string of the molecule is CCCNC(C1=CCCCCC1)c1cc(CC)nn1C. The molecule has 3 heteroatoms. The third-order valence-corrected chi connectivity index (χ3v) is 4.17. The van der Waals surface area contributed by atoms with E-state index in [0.29, 0.717) is 6.04 Å². The second-order valence-corrected chi connectivity index (χ2v) is 5.80. The fourth-order valence-corrected chi connectivity index (χ4v) is 3.00. The van der Waals surface area contributed by atoms with E-state index in [-0.39, 0.29) is 0 Å². The number of nitrogens with one attached hydrogen (secondary N) is 1. The number of allylic oxidation sites excluding steroid dienone is 1. The molecule has 0 saturated carbocycles. The first-order chi connectivity index (χ1) is 9.76. The molecule has 1 aliphatic rings. The van der Waals surface area contributed by atoms with Crippen molar-refractivity contribution in [1.82, 2.24) is 15.1 Å². The molecular weight excluding hydrogens is 246 g/mol. The summed E-state index contributed by atoms with van der Waals surface area (Å²) in [5.74, 6) is 0. The molecule has 0 amide bonds. The maximum absolute atomic E-state index is 4.63. The van der Waals surface area contributed by atoms with Crippen molar-refractivity contribution in [2.75, 3.05) is 6.54 Å². The Labute approximate surface area is 123 Å². The minimum Gasteiger partial charge on any atom is -0.305 e. The number of hydrogen-bond donors (Lipinski definition) is 1. The number of rotatable bonds is 6. The zero-order valence-electron chi connectivity index (χ0n) is 13.3. The topological polar surface area (TPSA) is 29.9 Å². The first kappa shape index (κ1) is 15.3. The summed E-state index contributed by atoms with van der Waals surface area (Å²) in [6.45, 7) is 5.46. The van der Waals surface area contributed by atoms with Gasteiger partial charge in [-0.2, -0.15) is 5.10 Å². The van der Waals surface area contributed by atoms with Crippen LogP contribution in [0.5, 0.6) is 0 Å². The number of aromatic nitrogens is 2. The largest absolute Gasteiger partial charge is 0.305 e. The van der Waals surface area contributed by atoms with Gasteiger partial charge in [0.2, 0.25) is 0 Å². The van der Waals surface area contributed by atoms with Gasteiger partial charge >= 0.3 is 0 Å². The van der Waals surface area contributed by atoms with Gasteiger partial charge in [0.05, 0.1) is 17.4 Å². The summed E-state index contributed by atoms with van der Waals surface area (Å²) in [5.41, 5.74) is 4.09. The summed E-state index contributed by atoms with van der Waals surface area (Å²) in [4.78, 5) is 0. The molecule has 20 heavy (non-hydrogen) atoms. The predicted octanol–water partition coefficient (Wildman–Crippen LogP) is 3.91. The van der Waals surface area contributed by atoms with E-state index in [9.17, 15) is 0 Å². The van der Waals surface area contributed by atoms with Gasteiger partial charge in [-0.25, -0.2) is 0 Å². The number of aryl methyl sites for hydroxylation is 2. The Morgan fingerprint density at radius 1 is 1.30 bits per heavy atom. The summed E-state index contributed by atoms with van der Waals surface area (Å²) >= 11 is 0. The summed E-state index contributed by atoms with van der Waals surface area (Å²) in [6.07, 6.45) is 11.1. The van der Waals surface area contributed by atoms with Crippen LogP contribution in [0.2, 0.25) is 0 Å². The van der Waals surface area contributed by atoms with Crippen molar-refractivity contribution in [2.24, 2.45) is 7.05 Å². The molecule has 1 aliphatic carbocycles. The van der Waals surface area contributed by atoms with E-state index in [1.54, 1.807) is 5.57 Å². The van der Waals surface area contributed by atoms with E-state index < -0.39 is 0 Å². The lowest BCUT2D eigenvalue weighted by molar-refractivity contribution is 0.529. The van der Waals surface area contributed by atoms with Gasteiger partial charge in [-0.3, -0.25) is 4.68 Å². The van der Waals surface area contributed by atoms with E-state index in [1.165, 1.54) is 49.9 Å². The minimum absolute atomic E-state index is 0.353. The van der Waals surface area contributed by atoms with Crippen LogP contribution in [0, 0.1) is 0 Å². The van der Waals surface area contributed by atoms with E-state index in [1.807, 2.05) is 0 Å².